The Hall–Kier alpha value is -3.42. The number of nitrogens with one attached hydrogen (secondary N) is 1. The molecule has 0 radical (unpaired) electrons. The predicted octanol–water partition coefficient (Wildman–Crippen LogP) is 6.51. The van der Waals surface area contributed by atoms with Crippen LogP contribution in [0.15, 0.2) is 40.5 Å². The first-order valence-corrected chi connectivity index (χ1v) is 17.3. The second kappa shape index (κ2) is 10.8. The van der Waals surface area contributed by atoms with Crippen molar-refractivity contribution in [3.8, 4) is 11.8 Å². The molecule has 0 saturated heterocycles. The summed E-state index contributed by atoms with van der Waals surface area (Å²) in [5.74, 6) is 9.76. The van der Waals surface area contributed by atoms with Crippen LogP contribution in [0, 0.1) is 35.0 Å². The van der Waals surface area contributed by atoms with Crippen molar-refractivity contribution in [2.75, 3.05) is 6.54 Å². The highest BCUT2D eigenvalue weighted by Crippen LogP contribution is 2.60. The van der Waals surface area contributed by atoms with Gasteiger partial charge < -0.3 is 15.0 Å². The van der Waals surface area contributed by atoms with Crippen molar-refractivity contribution in [2.24, 2.45) is 23.2 Å². The smallest absolute Gasteiger partial charge is 0.378 e. The van der Waals surface area contributed by atoms with Crippen LogP contribution in [0.2, 0.25) is 0 Å². The van der Waals surface area contributed by atoms with E-state index in [2.05, 4.69) is 28.3 Å². The molecule has 5 saturated carbocycles. The van der Waals surface area contributed by atoms with Gasteiger partial charge in [-0.15, -0.1) is 11.3 Å². The van der Waals surface area contributed by atoms with E-state index in [1.54, 1.807) is 11.3 Å². The van der Waals surface area contributed by atoms with E-state index >= 15 is 0 Å². The molecule has 3 aromatic rings. The maximum absolute atomic E-state index is 13.5. The summed E-state index contributed by atoms with van der Waals surface area (Å²) in [5, 5.41) is 12.9. The minimum atomic E-state index is -4.60. The van der Waals surface area contributed by atoms with Crippen molar-refractivity contribution in [1.82, 2.24) is 14.9 Å². The fourth-order valence-electron chi connectivity index (χ4n) is 9.08. The van der Waals surface area contributed by atoms with Crippen LogP contribution in [0.25, 0.3) is 0 Å². The van der Waals surface area contributed by atoms with Gasteiger partial charge in [0.25, 0.3) is 11.5 Å². The summed E-state index contributed by atoms with van der Waals surface area (Å²) in [6.45, 7) is 0.185. The Bertz CT molecular complexity index is 1790. The molecule has 9 rings (SSSR count). The van der Waals surface area contributed by atoms with Gasteiger partial charge in [0.2, 0.25) is 0 Å². The number of benzene rings is 1. The fraction of sp³-hybridized carbons (Fsp3) is 0.528. The zero-order valence-corrected chi connectivity index (χ0v) is 26.3. The monoisotopic (exact) mass is 647 g/mol. The third-order valence-corrected chi connectivity index (χ3v) is 12.3. The fourth-order valence-corrected chi connectivity index (χ4v) is 10.2. The average molecular weight is 648 g/mol. The van der Waals surface area contributed by atoms with Crippen molar-refractivity contribution in [3.05, 3.63) is 84.7 Å². The topological polar surface area (TPSA) is 86.3 Å². The van der Waals surface area contributed by atoms with E-state index in [0.717, 1.165) is 53.2 Å². The molecule has 1 aromatic carbocycles. The van der Waals surface area contributed by atoms with Crippen molar-refractivity contribution in [3.63, 3.8) is 0 Å². The third-order valence-electron chi connectivity index (χ3n) is 11.2. The molecule has 5 aliphatic carbocycles. The molecule has 6 nitrogen and oxygen atoms in total. The zero-order chi connectivity index (χ0) is 31.8. The van der Waals surface area contributed by atoms with E-state index in [1.807, 2.05) is 0 Å². The number of H-pyrrole nitrogens is 1. The molecule has 1 amide bonds. The molecule has 4 bridgehead atoms. The number of hydrogen-bond donors (Lipinski definition) is 2. The number of carbonyl (C=O) groups excluding carboxylic acids is 1. The predicted molar refractivity (Wildman–Crippen MR) is 167 cm³/mol. The first-order valence-electron chi connectivity index (χ1n) is 16.4. The van der Waals surface area contributed by atoms with Gasteiger partial charge in [-0.2, -0.15) is 13.2 Å². The lowest BCUT2D eigenvalue weighted by molar-refractivity contribution is -0.142. The number of aromatic amines is 1. The van der Waals surface area contributed by atoms with Crippen LogP contribution < -0.4 is 5.56 Å². The lowest BCUT2D eigenvalue weighted by Crippen LogP contribution is -2.45. The first-order chi connectivity index (χ1) is 22.0. The number of aryl methyl sites for hydroxylation is 1. The number of fused-ring (bicyclic) bond motifs is 1. The number of halogens is 3. The first kappa shape index (κ1) is 29.9. The third kappa shape index (κ3) is 5.29. The molecule has 0 spiro atoms. The molecule has 1 aliphatic heterocycles. The van der Waals surface area contributed by atoms with Gasteiger partial charge in [0.15, 0.2) is 6.10 Å². The van der Waals surface area contributed by atoms with E-state index in [9.17, 15) is 27.9 Å². The number of aliphatic hydroxyl groups excluding tert-OH is 1. The molecule has 46 heavy (non-hydrogen) atoms. The zero-order valence-electron chi connectivity index (χ0n) is 25.5. The molecule has 1 atom stereocenters. The highest BCUT2D eigenvalue weighted by Gasteiger charge is 2.51. The number of rotatable bonds is 4. The number of amides is 1. The summed E-state index contributed by atoms with van der Waals surface area (Å²) in [6, 6.07) is 6.32. The van der Waals surface area contributed by atoms with Crippen LogP contribution in [-0.4, -0.2) is 32.4 Å². The summed E-state index contributed by atoms with van der Waals surface area (Å²) in [7, 11) is 0. The van der Waals surface area contributed by atoms with Crippen LogP contribution in [0.5, 0.6) is 0 Å². The van der Waals surface area contributed by atoms with E-state index in [4.69, 9.17) is 4.98 Å². The maximum Gasteiger partial charge on any atom is 0.416 e. The van der Waals surface area contributed by atoms with Gasteiger partial charge in [0.05, 0.1) is 28.8 Å². The number of alkyl halides is 3. The Morgan fingerprint density at radius 3 is 2.50 bits per heavy atom. The summed E-state index contributed by atoms with van der Waals surface area (Å²) in [4.78, 5) is 37.2. The van der Waals surface area contributed by atoms with Crippen LogP contribution in [-0.2, 0) is 29.4 Å². The van der Waals surface area contributed by atoms with Crippen LogP contribution in [0.4, 0.5) is 13.2 Å². The molecular formula is C36H36F3N3O3S. The summed E-state index contributed by atoms with van der Waals surface area (Å²) in [6.07, 6.45) is 4.33. The van der Waals surface area contributed by atoms with E-state index in [0.29, 0.717) is 29.9 Å². The van der Waals surface area contributed by atoms with Crippen molar-refractivity contribution >= 4 is 17.2 Å². The van der Waals surface area contributed by atoms with E-state index < -0.39 is 23.8 Å². The molecule has 1 unspecified atom stereocenters. The Morgan fingerprint density at radius 2 is 1.83 bits per heavy atom. The Kier molecular flexibility index (Phi) is 7.04. The maximum atomic E-state index is 13.5. The summed E-state index contributed by atoms with van der Waals surface area (Å²) >= 11 is 1.67. The van der Waals surface area contributed by atoms with Crippen LogP contribution in [0.1, 0.15) is 103 Å². The van der Waals surface area contributed by atoms with Crippen molar-refractivity contribution < 1.29 is 23.1 Å². The van der Waals surface area contributed by atoms with Gasteiger partial charge in [-0.3, -0.25) is 9.59 Å². The standard InChI is InChI=1S/C36H36F3N3O3S/c37-36(38,39)26-4-1-3-25(15-26)30(43)32(45)42-10-2-5-28-27(19-42)31(44)41-33(40-28)35(8-9-35)29-14-21(20-46-29)6-7-34-16-22-11-23(17-34)13-24(12-22)18-34/h1,3-4,14-15,20,22-24,30,43H,2,5,8-13,16-19H2,(H,40,41,44). The Morgan fingerprint density at radius 1 is 1.11 bits per heavy atom. The van der Waals surface area contributed by atoms with E-state index in [1.165, 1.54) is 55.6 Å². The lowest BCUT2D eigenvalue weighted by atomic mass is 9.50. The molecule has 240 valence electrons. The van der Waals surface area contributed by atoms with E-state index in [-0.39, 0.29) is 35.0 Å². The van der Waals surface area contributed by atoms with Gasteiger partial charge in [-0.25, -0.2) is 4.98 Å². The number of carbonyl (C=O) groups is 1. The second-order valence-electron chi connectivity index (χ2n) is 14.5. The van der Waals surface area contributed by atoms with Gasteiger partial charge in [0.1, 0.15) is 5.82 Å². The number of aliphatic hydroxyl groups is 1. The molecule has 10 heteroatoms. The molecule has 5 fully saturated rings. The van der Waals surface area contributed by atoms with Crippen molar-refractivity contribution in [1.29, 1.82) is 0 Å². The minimum Gasteiger partial charge on any atom is -0.378 e. The highest BCUT2D eigenvalue weighted by atomic mass is 32.1. The quantitative estimate of drug-likeness (QED) is 0.317. The van der Waals surface area contributed by atoms with Gasteiger partial charge in [0, 0.05) is 27.8 Å². The van der Waals surface area contributed by atoms with Gasteiger partial charge >= 0.3 is 6.18 Å². The van der Waals surface area contributed by atoms with Crippen LogP contribution >= 0.6 is 11.3 Å². The highest BCUT2D eigenvalue weighted by molar-refractivity contribution is 7.10. The molecule has 2 N–H and O–H groups in total. The Balaban J connectivity index is 1.01. The number of aromatic nitrogens is 2. The number of hydrogen-bond acceptors (Lipinski definition) is 5. The summed E-state index contributed by atoms with van der Waals surface area (Å²) in [5.41, 5.74) is 0.470. The van der Waals surface area contributed by atoms with Gasteiger partial charge in [-0.1, -0.05) is 24.0 Å². The largest absolute Gasteiger partial charge is 0.416 e. The molecule has 6 aliphatic rings. The lowest BCUT2D eigenvalue weighted by Gasteiger charge is -2.54. The minimum absolute atomic E-state index is 0.0666. The molecule has 3 heterocycles. The average Bonchev–Trinajstić information content (AvgIpc) is 3.74. The molecule has 2 aromatic heterocycles. The van der Waals surface area contributed by atoms with Gasteiger partial charge in [-0.05, 0) is 106 Å². The summed E-state index contributed by atoms with van der Waals surface area (Å²) < 4.78 is 39.6. The van der Waals surface area contributed by atoms with Crippen molar-refractivity contribution in [2.45, 2.75) is 88.4 Å². The Labute approximate surface area is 269 Å². The normalized spacial score (nSPS) is 28.2. The SMILES string of the molecule is O=C(C(O)c1cccc(C(F)(F)F)c1)N1CCCc2nc(C3(c4cc(C#CC56CC7CC(CC(C7)C5)C6)cs4)CC3)[nH]c(=O)c2C1. The van der Waals surface area contributed by atoms with Crippen LogP contribution in [0.3, 0.4) is 0 Å². The number of nitrogens with zero attached hydrogens (tertiary/aromatic N) is 2. The second-order valence-corrected chi connectivity index (χ2v) is 15.4. The molecular weight excluding hydrogens is 611 g/mol. The number of thiophene rings is 1.